The van der Waals surface area contributed by atoms with Crippen LogP contribution >= 0.6 is 0 Å². The number of rotatable bonds is 3. The largest absolute Gasteiger partial charge is 0.497 e. The van der Waals surface area contributed by atoms with E-state index in [0.29, 0.717) is 5.75 Å². The number of methoxy groups -OCH3 is 1. The van der Waals surface area contributed by atoms with Crippen molar-refractivity contribution in [3.63, 3.8) is 0 Å². The van der Waals surface area contributed by atoms with E-state index in [-0.39, 0.29) is 12.1 Å². The zero-order valence-electron chi connectivity index (χ0n) is 9.91. The van der Waals surface area contributed by atoms with Crippen LogP contribution in [-0.2, 0) is 12.7 Å². The van der Waals surface area contributed by atoms with Crippen LogP contribution < -0.4 is 4.74 Å². The van der Waals surface area contributed by atoms with Gasteiger partial charge in [-0.1, -0.05) is 6.07 Å². The summed E-state index contributed by atoms with van der Waals surface area (Å²) in [7, 11) is 1.40. The van der Waals surface area contributed by atoms with Crippen molar-refractivity contribution in [2.75, 3.05) is 7.11 Å². The molecule has 0 aliphatic carbocycles. The molecule has 0 aliphatic rings. The highest BCUT2D eigenvalue weighted by molar-refractivity contribution is 5.29. The van der Waals surface area contributed by atoms with Crippen molar-refractivity contribution in [2.24, 2.45) is 0 Å². The number of ether oxygens (including phenoxy) is 1. The van der Waals surface area contributed by atoms with Gasteiger partial charge in [-0.05, 0) is 12.1 Å². The van der Waals surface area contributed by atoms with Gasteiger partial charge in [-0.3, -0.25) is 4.68 Å². The maximum atomic E-state index is 13.6. The van der Waals surface area contributed by atoms with Gasteiger partial charge in [0, 0.05) is 17.8 Å². The van der Waals surface area contributed by atoms with Gasteiger partial charge in [-0.2, -0.15) is 18.3 Å². The van der Waals surface area contributed by atoms with Crippen LogP contribution in [0.5, 0.6) is 5.75 Å². The Morgan fingerprint density at radius 2 is 2.00 bits per heavy atom. The van der Waals surface area contributed by atoms with Crippen molar-refractivity contribution in [3.05, 3.63) is 47.5 Å². The lowest BCUT2D eigenvalue weighted by molar-refractivity contribution is -0.141. The van der Waals surface area contributed by atoms with Crippen molar-refractivity contribution >= 4 is 0 Å². The zero-order chi connectivity index (χ0) is 14.0. The minimum atomic E-state index is -4.50. The van der Waals surface area contributed by atoms with Crippen molar-refractivity contribution in [2.45, 2.75) is 12.7 Å². The summed E-state index contributed by atoms with van der Waals surface area (Å²) in [5, 5.41) is 3.35. The van der Waals surface area contributed by atoms with E-state index >= 15 is 0 Å². The maximum Gasteiger partial charge on any atom is 0.435 e. The van der Waals surface area contributed by atoms with E-state index in [1.165, 1.54) is 25.3 Å². The molecule has 1 aromatic carbocycles. The van der Waals surface area contributed by atoms with Crippen LogP contribution in [0.2, 0.25) is 0 Å². The second-order valence-electron chi connectivity index (χ2n) is 3.85. The lowest BCUT2D eigenvalue weighted by Crippen LogP contribution is -2.09. The van der Waals surface area contributed by atoms with Crippen LogP contribution in [0, 0.1) is 5.82 Å². The third-order valence-electron chi connectivity index (χ3n) is 2.52. The van der Waals surface area contributed by atoms with Crippen LogP contribution in [0.3, 0.4) is 0 Å². The first-order valence-electron chi connectivity index (χ1n) is 5.33. The predicted molar refractivity (Wildman–Crippen MR) is 59.3 cm³/mol. The highest BCUT2D eigenvalue weighted by Gasteiger charge is 2.33. The molecule has 7 heteroatoms. The summed E-state index contributed by atoms with van der Waals surface area (Å²) in [5.74, 6) is -0.207. The molecule has 19 heavy (non-hydrogen) atoms. The molecule has 2 rings (SSSR count). The number of halogens is 4. The van der Waals surface area contributed by atoms with Gasteiger partial charge in [-0.25, -0.2) is 4.39 Å². The average Bonchev–Trinajstić information content (AvgIpc) is 2.80. The van der Waals surface area contributed by atoms with Gasteiger partial charge in [0.25, 0.3) is 0 Å². The minimum Gasteiger partial charge on any atom is -0.497 e. The van der Waals surface area contributed by atoms with E-state index < -0.39 is 17.7 Å². The van der Waals surface area contributed by atoms with Crippen LogP contribution in [0.4, 0.5) is 17.6 Å². The molecule has 0 saturated carbocycles. The summed E-state index contributed by atoms with van der Waals surface area (Å²) >= 11 is 0. The number of hydrogen-bond donors (Lipinski definition) is 0. The Labute approximate surface area is 106 Å². The van der Waals surface area contributed by atoms with E-state index in [1.807, 2.05) is 0 Å². The molecule has 0 atom stereocenters. The minimum absolute atomic E-state index is 0.0775. The number of hydrogen-bond acceptors (Lipinski definition) is 2. The van der Waals surface area contributed by atoms with Crippen LogP contribution in [-0.4, -0.2) is 16.9 Å². The average molecular weight is 274 g/mol. The predicted octanol–water partition coefficient (Wildman–Crippen LogP) is 3.10. The van der Waals surface area contributed by atoms with E-state index in [1.54, 1.807) is 0 Å². The van der Waals surface area contributed by atoms with Gasteiger partial charge in [0.05, 0.1) is 13.7 Å². The molecular formula is C12H10F4N2O. The summed E-state index contributed by atoms with van der Waals surface area (Å²) in [5.41, 5.74) is -0.765. The van der Waals surface area contributed by atoms with Gasteiger partial charge in [0.15, 0.2) is 5.69 Å². The third-order valence-corrected chi connectivity index (χ3v) is 2.52. The molecule has 0 fully saturated rings. The fraction of sp³-hybridized carbons (Fsp3) is 0.250. The lowest BCUT2D eigenvalue weighted by Gasteiger charge is -2.06. The Balaban J connectivity index is 2.20. The van der Waals surface area contributed by atoms with Crippen molar-refractivity contribution in [3.8, 4) is 5.75 Å². The summed E-state index contributed by atoms with van der Waals surface area (Å²) in [6, 6.07) is 5.00. The second kappa shape index (κ2) is 4.91. The van der Waals surface area contributed by atoms with Crippen LogP contribution in [0.1, 0.15) is 11.3 Å². The van der Waals surface area contributed by atoms with Crippen molar-refractivity contribution in [1.29, 1.82) is 0 Å². The molecule has 0 N–H and O–H groups in total. The highest BCUT2D eigenvalue weighted by atomic mass is 19.4. The summed E-state index contributed by atoms with van der Waals surface area (Å²) in [6.45, 7) is -0.0775. The number of nitrogens with zero attached hydrogens (tertiary/aromatic N) is 2. The van der Waals surface area contributed by atoms with Gasteiger partial charge in [-0.15, -0.1) is 0 Å². The molecule has 0 spiro atoms. The van der Waals surface area contributed by atoms with Crippen LogP contribution in [0.15, 0.2) is 30.5 Å². The summed E-state index contributed by atoms with van der Waals surface area (Å²) < 4.78 is 56.5. The molecule has 102 valence electrons. The molecule has 0 radical (unpaired) electrons. The monoisotopic (exact) mass is 274 g/mol. The molecule has 1 aromatic heterocycles. The standard InChI is InChI=1S/C12H10F4N2O/c1-19-9-3-2-8(10(13)6-9)7-18-5-4-11(17-18)12(14,15)16/h2-6H,7H2,1H3. The Hall–Kier alpha value is -2.05. The molecule has 0 unspecified atom stereocenters. The number of alkyl halides is 3. The quantitative estimate of drug-likeness (QED) is 0.804. The molecule has 0 amide bonds. The fourth-order valence-electron chi connectivity index (χ4n) is 1.56. The molecule has 1 heterocycles. The summed E-state index contributed by atoms with van der Waals surface area (Å²) in [4.78, 5) is 0. The SMILES string of the molecule is COc1ccc(Cn2ccc(C(F)(F)F)n2)c(F)c1. The maximum absolute atomic E-state index is 13.6. The van der Waals surface area contributed by atoms with Crippen molar-refractivity contribution in [1.82, 2.24) is 9.78 Å². The fourth-order valence-corrected chi connectivity index (χ4v) is 1.56. The first kappa shape index (κ1) is 13.4. The molecule has 3 nitrogen and oxygen atoms in total. The van der Waals surface area contributed by atoms with Crippen molar-refractivity contribution < 1.29 is 22.3 Å². The smallest absolute Gasteiger partial charge is 0.435 e. The topological polar surface area (TPSA) is 27.1 Å². The number of benzene rings is 1. The zero-order valence-corrected chi connectivity index (χ0v) is 9.91. The molecular weight excluding hydrogens is 264 g/mol. The number of aromatic nitrogens is 2. The lowest BCUT2D eigenvalue weighted by atomic mass is 10.2. The van der Waals surface area contributed by atoms with E-state index in [4.69, 9.17) is 4.74 Å². The Bertz CT molecular complexity index is 577. The van der Waals surface area contributed by atoms with Crippen LogP contribution in [0.25, 0.3) is 0 Å². The second-order valence-corrected chi connectivity index (χ2v) is 3.85. The highest BCUT2D eigenvalue weighted by Crippen LogP contribution is 2.27. The molecule has 0 bridgehead atoms. The van der Waals surface area contributed by atoms with Gasteiger partial charge in [0.1, 0.15) is 11.6 Å². The third kappa shape index (κ3) is 3.04. The first-order chi connectivity index (χ1) is 8.90. The molecule has 0 saturated heterocycles. The van der Waals surface area contributed by atoms with E-state index in [9.17, 15) is 17.6 Å². The summed E-state index contributed by atoms with van der Waals surface area (Å²) in [6.07, 6.45) is -3.34. The van der Waals surface area contributed by atoms with Gasteiger partial charge < -0.3 is 4.74 Å². The normalized spacial score (nSPS) is 11.6. The Morgan fingerprint density at radius 3 is 2.53 bits per heavy atom. The van der Waals surface area contributed by atoms with E-state index in [2.05, 4.69) is 5.10 Å². The Kier molecular flexibility index (Phi) is 3.46. The van der Waals surface area contributed by atoms with E-state index in [0.717, 1.165) is 16.9 Å². The van der Waals surface area contributed by atoms with Gasteiger partial charge >= 0.3 is 6.18 Å². The Morgan fingerprint density at radius 1 is 1.26 bits per heavy atom. The molecule has 0 aliphatic heterocycles. The first-order valence-corrected chi connectivity index (χ1v) is 5.33. The molecule has 2 aromatic rings. The van der Waals surface area contributed by atoms with Gasteiger partial charge in [0.2, 0.25) is 0 Å².